The molecule has 25 heavy (non-hydrogen) atoms. The monoisotopic (exact) mass is 342 g/mol. The summed E-state index contributed by atoms with van der Waals surface area (Å²) in [6.07, 6.45) is 3.32. The second kappa shape index (κ2) is 7.38. The maximum atomic E-state index is 12.6. The molecule has 1 aromatic heterocycles. The Kier molecular flexibility index (Phi) is 5.02. The molecule has 132 valence electrons. The molecule has 0 bridgehead atoms. The summed E-state index contributed by atoms with van der Waals surface area (Å²) in [6.45, 7) is 4.16. The standard InChI is InChI=1S/C18H22N4O3/c1-3-25-18(24)22-12-10-21(11-13-22)17(23)15-6-4-14(5-7-15)16-19-8-9-20(16)2/h4-9H,3,10-13H2,1-2H3. The van der Waals surface area contributed by atoms with Crippen molar-refractivity contribution in [1.82, 2.24) is 19.4 Å². The SMILES string of the molecule is CCOC(=O)N1CCN(C(=O)c2ccc(-c3nccn3C)cc2)CC1. The fourth-order valence-corrected chi connectivity index (χ4v) is 2.90. The predicted octanol–water partition coefficient (Wildman–Crippen LogP) is 2.00. The van der Waals surface area contributed by atoms with Crippen LogP contribution in [0, 0.1) is 0 Å². The van der Waals surface area contributed by atoms with E-state index >= 15 is 0 Å². The molecule has 1 aliphatic rings. The van der Waals surface area contributed by atoms with E-state index < -0.39 is 0 Å². The summed E-state index contributed by atoms with van der Waals surface area (Å²) in [5, 5.41) is 0. The van der Waals surface area contributed by atoms with Gasteiger partial charge in [0.25, 0.3) is 5.91 Å². The van der Waals surface area contributed by atoms with Gasteiger partial charge in [-0.2, -0.15) is 0 Å². The van der Waals surface area contributed by atoms with Crippen LogP contribution in [0.4, 0.5) is 4.79 Å². The Morgan fingerprint density at radius 1 is 1.08 bits per heavy atom. The van der Waals surface area contributed by atoms with Crippen LogP contribution >= 0.6 is 0 Å². The average Bonchev–Trinajstić information content (AvgIpc) is 3.07. The normalized spacial score (nSPS) is 14.5. The molecule has 1 saturated heterocycles. The van der Waals surface area contributed by atoms with E-state index in [4.69, 9.17) is 4.74 Å². The van der Waals surface area contributed by atoms with Crippen molar-refractivity contribution in [2.45, 2.75) is 6.92 Å². The highest BCUT2D eigenvalue weighted by molar-refractivity contribution is 5.94. The lowest BCUT2D eigenvalue weighted by atomic mass is 10.1. The quantitative estimate of drug-likeness (QED) is 0.856. The van der Waals surface area contributed by atoms with Crippen LogP contribution in [0.15, 0.2) is 36.7 Å². The maximum Gasteiger partial charge on any atom is 0.409 e. The molecular formula is C18H22N4O3. The number of imidazole rings is 1. The zero-order valence-corrected chi connectivity index (χ0v) is 14.5. The summed E-state index contributed by atoms with van der Waals surface area (Å²) >= 11 is 0. The highest BCUT2D eigenvalue weighted by Crippen LogP contribution is 2.18. The molecule has 0 unspecified atom stereocenters. The van der Waals surface area contributed by atoms with Crippen molar-refractivity contribution < 1.29 is 14.3 Å². The van der Waals surface area contributed by atoms with Crippen LogP contribution in [0.1, 0.15) is 17.3 Å². The Morgan fingerprint density at radius 2 is 1.72 bits per heavy atom. The molecule has 2 aromatic rings. The number of carbonyl (C=O) groups is 2. The first-order chi connectivity index (χ1) is 12.1. The highest BCUT2D eigenvalue weighted by Gasteiger charge is 2.25. The molecule has 0 aliphatic carbocycles. The lowest BCUT2D eigenvalue weighted by Gasteiger charge is -2.34. The van der Waals surface area contributed by atoms with Gasteiger partial charge >= 0.3 is 6.09 Å². The summed E-state index contributed by atoms with van der Waals surface area (Å²) in [7, 11) is 1.93. The molecule has 1 aromatic carbocycles. The molecule has 0 radical (unpaired) electrons. The number of benzene rings is 1. The Labute approximate surface area is 146 Å². The van der Waals surface area contributed by atoms with E-state index in [1.165, 1.54) is 0 Å². The highest BCUT2D eigenvalue weighted by atomic mass is 16.6. The van der Waals surface area contributed by atoms with Gasteiger partial charge in [0, 0.05) is 56.7 Å². The molecule has 2 amide bonds. The van der Waals surface area contributed by atoms with Gasteiger partial charge in [0.2, 0.25) is 0 Å². The van der Waals surface area contributed by atoms with Crippen LogP contribution in [0.5, 0.6) is 0 Å². The topological polar surface area (TPSA) is 67.7 Å². The molecule has 0 spiro atoms. The Balaban J connectivity index is 1.62. The smallest absolute Gasteiger partial charge is 0.409 e. The van der Waals surface area contributed by atoms with Crippen LogP contribution in [0.3, 0.4) is 0 Å². The third kappa shape index (κ3) is 3.65. The van der Waals surface area contributed by atoms with Crippen LogP contribution in [-0.2, 0) is 11.8 Å². The second-order valence-electron chi connectivity index (χ2n) is 5.92. The fraction of sp³-hybridized carbons (Fsp3) is 0.389. The lowest BCUT2D eigenvalue weighted by Crippen LogP contribution is -2.50. The van der Waals surface area contributed by atoms with Crippen molar-refractivity contribution in [2.24, 2.45) is 7.05 Å². The van der Waals surface area contributed by atoms with E-state index in [0.717, 1.165) is 11.4 Å². The van der Waals surface area contributed by atoms with Gasteiger partial charge in [-0.15, -0.1) is 0 Å². The van der Waals surface area contributed by atoms with Gasteiger partial charge in [0.05, 0.1) is 6.61 Å². The van der Waals surface area contributed by atoms with Gasteiger partial charge in [-0.3, -0.25) is 4.79 Å². The number of hydrogen-bond donors (Lipinski definition) is 0. The summed E-state index contributed by atoms with van der Waals surface area (Å²) < 4.78 is 6.93. The van der Waals surface area contributed by atoms with E-state index in [1.807, 2.05) is 42.1 Å². The number of hydrogen-bond acceptors (Lipinski definition) is 4. The van der Waals surface area contributed by atoms with Crippen LogP contribution < -0.4 is 0 Å². The Morgan fingerprint density at radius 3 is 2.28 bits per heavy atom. The van der Waals surface area contributed by atoms with E-state index in [9.17, 15) is 9.59 Å². The molecule has 7 nitrogen and oxygen atoms in total. The maximum absolute atomic E-state index is 12.6. The van der Waals surface area contributed by atoms with Gasteiger partial charge in [-0.05, 0) is 19.1 Å². The van der Waals surface area contributed by atoms with Crippen LogP contribution in [0.2, 0.25) is 0 Å². The number of ether oxygens (including phenoxy) is 1. The van der Waals surface area contributed by atoms with Crippen molar-refractivity contribution >= 4 is 12.0 Å². The zero-order chi connectivity index (χ0) is 17.8. The van der Waals surface area contributed by atoms with Crippen molar-refractivity contribution in [1.29, 1.82) is 0 Å². The van der Waals surface area contributed by atoms with Crippen LogP contribution in [-0.4, -0.2) is 64.1 Å². The van der Waals surface area contributed by atoms with Gasteiger partial charge in [0.15, 0.2) is 0 Å². The minimum absolute atomic E-state index is 0.0186. The minimum Gasteiger partial charge on any atom is -0.450 e. The van der Waals surface area contributed by atoms with Gasteiger partial charge in [-0.25, -0.2) is 9.78 Å². The zero-order valence-electron chi connectivity index (χ0n) is 14.5. The van der Waals surface area contributed by atoms with Crippen molar-refractivity contribution in [3.8, 4) is 11.4 Å². The molecule has 0 saturated carbocycles. The number of piperazine rings is 1. The third-order valence-corrected chi connectivity index (χ3v) is 4.30. The predicted molar refractivity (Wildman–Crippen MR) is 93.1 cm³/mol. The number of aromatic nitrogens is 2. The van der Waals surface area contributed by atoms with E-state index in [0.29, 0.717) is 38.3 Å². The molecule has 7 heteroatoms. The van der Waals surface area contributed by atoms with E-state index in [-0.39, 0.29) is 12.0 Å². The second-order valence-corrected chi connectivity index (χ2v) is 5.92. The fourth-order valence-electron chi connectivity index (χ4n) is 2.90. The summed E-state index contributed by atoms with van der Waals surface area (Å²) in [5.74, 6) is 0.844. The summed E-state index contributed by atoms with van der Waals surface area (Å²) in [5.41, 5.74) is 1.61. The Bertz CT molecular complexity index is 746. The van der Waals surface area contributed by atoms with Gasteiger partial charge in [0.1, 0.15) is 5.82 Å². The first-order valence-electron chi connectivity index (χ1n) is 8.39. The number of rotatable bonds is 3. The summed E-state index contributed by atoms with van der Waals surface area (Å²) in [6, 6.07) is 7.46. The number of nitrogens with zero attached hydrogens (tertiary/aromatic N) is 4. The minimum atomic E-state index is -0.311. The lowest BCUT2D eigenvalue weighted by molar-refractivity contribution is 0.0570. The number of carbonyl (C=O) groups excluding carboxylic acids is 2. The van der Waals surface area contributed by atoms with Crippen molar-refractivity contribution in [3.05, 3.63) is 42.2 Å². The van der Waals surface area contributed by atoms with Gasteiger partial charge < -0.3 is 19.1 Å². The van der Waals surface area contributed by atoms with Crippen molar-refractivity contribution in [3.63, 3.8) is 0 Å². The third-order valence-electron chi connectivity index (χ3n) is 4.30. The van der Waals surface area contributed by atoms with Gasteiger partial charge in [-0.1, -0.05) is 12.1 Å². The molecule has 1 aliphatic heterocycles. The molecular weight excluding hydrogens is 320 g/mol. The van der Waals surface area contributed by atoms with E-state index in [1.54, 1.807) is 22.9 Å². The van der Waals surface area contributed by atoms with E-state index in [2.05, 4.69) is 4.98 Å². The summed E-state index contributed by atoms with van der Waals surface area (Å²) in [4.78, 5) is 32.1. The molecule has 1 fully saturated rings. The molecule has 2 heterocycles. The molecule has 3 rings (SSSR count). The van der Waals surface area contributed by atoms with Crippen molar-refractivity contribution in [2.75, 3.05) is 32.8 Å². The number of amides is 2. The first kappa shape index (κ1) is 17.0. The molecule has 0 N–H and O–H groups in total. The first-order valence-corrected chi connectivity index (χ1v) is 8.39. The largest absolute Gasteiger partial charge is 0.450 e. The Hall–Kier alpha value is -2.83. The molecule has 0 atom stereocenters. The number of aryl methyl sites for hydroxylation is 1. The van der Waals surface area contributed by atoms with Crippen LogP contribution in [0.25, 0.3) is 11.4 Å². The average molecular weight is 342 g/mol.